The third-order valence-corrected chi connectivity index (χ3v) is 2.13. The molecule has 0 fully saturated rings. The number of hydrogen-bond acceptors (Lipinski definition) is 2. The number of rotatable bonds is 2. The average molecular weight is 216 g/mol. The Hall–Kier alpha value is -1.75. The molecule has 84 valence electrons. The summed E-state index contributed by atoms with van der Waals surface area (Å²) in [6.45, 7) is 3.86. The smallest absolute Gasteiger partial charge is 0.307 e. The molecule has 0 heterocycles. The topological polar surface area (TPSA) is 26.3 Å². The molecule has 0 aliphatic carbocycles. The minimum atomic E-state index is -0.358. The van der Waals surface area contributed by atoms with E-state index in [1.165, 1.54) is 7.11 Å². The van der Waals surface area contributed by atoms with Crippen molar-refractivity contribution >= 4 is 5.97 Å². The van der Waals surface area contributed by atoms with Gasteiger partial charge < -0.3 is 4.74 Å². The molecule has 2 nitrogen and oxygen atoms in total. The van der Waals surface area contributed by atoms with Gasteiger partial charge in [-0.25, -0.2) is 0 Å². The Morgan fingerprint density at radius 3 is 2.50 bits per heavy atom. The van der Waals surface area contributed by atoms with Crippen LogP contribution in [0.4, 0.5) is 0 Å². The highest BCUT2D eigenvalue weighted by atomic mass is 16.5. The van der Waals surface area contributed by atoms with Crippen molar-refractivity contribution < 1.29 is 9.53 Å². The van der Waals surface area contributed by atoms with Gasteiger partial charge in [-0.05, 0) is 26.0 Å². The van der Waals surface area contributed by atoms with Gasteiger partial charge in [0.05, 0.1) is 13.5 Å². The van der Waals surface area contributed by atoms with E-state index in [4.69, 9.17) is 0 Å². The number of ether oxygens (including phenoxy) is 1. The predicted octanol–water partition coefficient (Wildman–Crippen LogP) is 2.63. The maximum Gasteiger partial charge on any atom is 0.307 e. The lowest BCUT2D eigenvalue weighted by Crippen LogP contribution is -2.16. The van der Waals surface area contributed by atoms with Crippen molar-refractivity contribution in [2.24, 2.45) is 5.41 Å². The van der Waals surface area contributed by atoms with Gasteiger partial charge in [-0.1, -0.05) is 30.0 Å². The van der Waals surface area contributed by atoms with E-state index in [2.05, 4.69) is 16.6 Å². The van der Waals surface area contributed by atoms with E-state index >= 15 is 0 Å². The molecule has 16 heavy (non-hydrogen) atoms. The Bertz CT molecular complexity index is 407. The van der Waals surface area contributed by atoms with Crippen molar-refractivity contribution in [1.82, 2.24) is 0 Å². The SMILES string of the molecule is COC(=O)CC(C)(C)C#Cc1ccccc1. The zero-order chi connectivity index (χ0) is 12.0. The number of hydrogen-bond donors (Lipinski definition) is 0. The minimum absolute atomic E-state index is 0.229. The highest BCUT2D eigenvalue weighted by Gasteiger charge is 2.19. The zero-order valence-electron chi connectivity index (χ0n) is 9.91. The fraction of sp³-hybridized carbons (Fsp3) is 0.357. The lowest BCUT2D eigenvalue weighted by molar-refractivity contribution is -0.142. The molecule has 1 aromatic rings. The van der Waals surface area contributed by atoms with Gasteiger partial charge in [-0.15, -0.1) is 0 Å². The Morgan fingerprint density at radius 1 is 1.31 bits per heavy atom. The van der Waals surface area contributed by atoms with Crippen molar-refractivity contribution in [1.29, 1.82) is 0 Å². The zero-order valence-corrected chi connectivity index (χ0v) is 9.91. The van der Waals surface area contributed by atoms with Crippen LogP contribution in [0.25, 0.3) is 0 Å². The maximum absolute atomic E-state index is 11.1. The van der Waals surface area contributed by atoms with Crippen LogP contribution < -0.4 is 0 Å². The number of carbonyl (C=O) groups is 1. The lowest BCUT2D eigenvalue weighted by atomic mass is 9.90. The molecule has 0 amide bonds. The molecule has 0 N–H and O–H groups in total. The summed E-state index contributed by atoms with van der Waals surface area (Å²) in [7, 11) is 1.39. The van der Waals surface area contributed by atoms with E-state index in [1.807, 2.05) is 44.2 Å². The van der Waals surface area contributed by atoms with Gasteiger partial charge >= 0.3 is 5.97 Å². The molecule has 0 aliphatic heterocycles. The predicted molar refractivity (Wildman–Crippen MR) is 63.7 cm³/mol. The van der Waals surface area contributed by atoms with Gasteiger partial charge in [0.25, 0.3) is 0 Å². The first-order valence-electron chi connectivity index (χ1n) is 5.18. The van der Waals surface area contributed by atoms with Crippen LogP contribution in [0.2, 0.25) is 0 Å². The quantitative estimate of drug-likeness (QED) is 0.561. The summed E-state index contributed by atoms with van der Waals surface area (Å²) < 4.78 is 4.63. The average Bonchev–Trinajstić information content (AvgIpc) is 2.27. The maximum atomic E-state index is 11.1. The number of methoxy groups -OCH3 is 1. The second kappa shape index (κ2) is 5.37. The van der Waals surface area contributed by atoms with E-state index in [0.717, 1.165) is 5.56 Å². The number of esters is 1. The first-order valence-corrected chi connectivity index (χ1v) is 5.18. The molecule has 1 aromatic carbocycles. The third kappa shape index (κ3) is 4.18. The van der Waals surface area contributed by atoms with Crippen molar-refractivity contribution in [3.8, 4) is 11.8 Å². The number of carbonyl (C=O) groups excluding carboxylic acids is 1. The molecular weight excluding hydrogens is 200 g/mol. The van der Waals surface area contributed by atoms with Gasteiger partial charge in [0.2, 0.25) is 0 Å². The second-order valence-corrected chi connectivity index (χ2v) is 4.25. The Morgan fingerprint density at radius 2 is 1.94 bits per heavy atom. The van der Waals surface area contributed by atoms with E-state index in [0.29, 0.717) is 6.42 Å². The van der Waals surface area contributed by atoms with Crippen LogP contribution in [0, 0.1) is 17.3 Å². The van der Waals surface area contributed by atoms with Gasteiger partial charge in [-0.2, -0.15) is 0 Å². The summed E-state index contributed by atoms with van der Waals surface area (Å²) in [5.74, 6) is 5.92. The van der Waals surface area contributed by atoms with E-state index in [1.54, 1.807) is 0 Å². The summed E-state index contributed by atoms with van der Waals surface area (Å²) >= 11 is 0. The van der Waals surface area contributed by atoms with Crippen LogP contribution in [-0.2, 0) is 9.53 Å². The van der Waals surface area contributed by atoms with Crippen molar-refractivity contribution in [2.45, 2.75) is 20.3 Å². The Labute approximate surface area is 96.6 Å². The Balaban J connectivity index is 2.73. The standard InChI is InChI=1S/C14H16O2/c1-14(2,11-13(15)16-3)10-9-12-7-5-4-6-8-12/h4-8H,11H2,1-3H3. The first kappa shape index (κ1) is 12.3. The number of benzene rings is 1. The van der Waals surface area contributed by atoms with Crippen molar-refractivity contribution in [3.63, 3.8) is 0 Å². The summed E-state index contributed by atoms with van der Waals surface area (Å²) in [6.07, 6.45) is 0.309. The van der Waals surface area contributed by atoms with Gasteiger partial charge in [0.1, 0.15) is 0 Å². The molecular formula is C14H16O2. The molecule has 0 radical (unpaired) electrons. The van der Waals surface area contributed by atoms with Crippen LogP contribution in [-0.4, -0.2) is 13.1 Å². The van der Waals surface area contributed by atoms with Gasteiger partial charge in [0.15, 0.2) is 0 Å². The van der Waals surface area contributed by atoms with Crippen molar-refractivity contribution in [3.05, 3.63) is 35.9 Å². The Kier molecular flexibility index (Phi) is 4.13. The van der Waals surface area contributed by atoms with Crippen LogP contribution in [0.5, 0.6) is 0 Å². The normalized spacial score (nSPS) is 10.2. The molecule has 0 spiro atoms. The fourth-order valence-corrected chi connectivity index (χ4v) is 1.24. The summed E-state index contributed by atoms with van der Waals surface area (Å²) in [5.41, 5.74) is 0.601. The van der Waals surface area contributed by atoms with E-state index in [9.17, 15) is 4.79 Å². The van der Waals surface area contributed by atoms with Crippen LogP contribution in [0.15, 0.2) is 30.3 Å². The first-order chi connectivity index (χ1) is 7.53. The third-order valence-electron chi connectivity index (χ3n) is 2.13. The molecule has 0 bridgehead atoms. The molecule has 0 aromatic heterocycles. The molecule has 1 rings (SSSR count). The van der Waals surface area contributed by atoms with Gasteiger partial charge in [0, 0.05) is 11.0 Å². The molecule has 2 heteroatoms. The van der Waals surface area contributed by atoms with Gasteiger partial charge in [-0.3, -0.25) is 4.79 Å². The minimum Gasteiger partial charge on any atom is -0.469 e. The highest BCUT2D eigenvalue weighted by molar-refractivity contribution is 5.70. The van der Waals surface area contributed by atoms with E-state index in [-0.39, 0.29) is 11.4 Å². The van der Waals surface area contributed by atoms with Crippen LogP contribution in [0.3, 0.4) is 0 Å². The molecule has 0 saturated heterocycles. The second-order valence-electron chi connectivity index (χ2n) is 4.25. The van der Waals surface area contributed by atoms with Crippen LogP contribution >= 0.6 is 0 Å². The largest absolute Gasteiger partial charge is 0.469 e. The summed E-state index contributed by atoms with van der Waals surface area (Å²) in [5, 5.41) is 0. The summed E-state index contributed by atoms with van der Waals surface area (Å²) in [6, 6.07) is 9.72. The molecule has 0 atom stereocenters. The lowest BCUT2D eigenvalue weighted by Gasteiger charge is -2.14. The molecule has 0 saturated carbocycles. The monoisotopic (exact) mass is 216 g/mol. The fourth-order valence-electron chi connectivity index (χ4n) is 1.24. The van der Waals surface area contributed by atoms with Crippen molar-refractivity contribution in [2.75, 3.05) is 7.11 Å². The molecule has 0 aliphatic rings. The molecule has 0 unspecified atom stereocenters. The highest BCUT2D eigenvalue weighted by Crippen LogP contribution is 2.19. The van der Waals surface area contributed by atoms with Crippen LogP contribution in [0.1, 0.15) is 25.8 Å². The van der Waals surface area contributed by atoms with E-state index < -0.39 is 0 Å². The summed E-state index contributed by atoms with van der Waals surface area (Å²) in [4.78, 5) is 11.1.